The van der Waals surface area contributed by atoms with Gasteiger partial charge in [0.1, 0.15) is 11.6 Å². The largest absolute Gasteiger partial charge is 0.496 e. The highest BCUT2D eigenvalue weighted by Gasteiger charge is 2.08. The zero-order valence-electron chi connectivity index (χ0n) is 16.4. The molecule has 1 aromatic heterocycles. The third-order valence-corrected chi connectivity index (χ3v) is 4.78. The molecule has 0 amide bonds. The number of hydrogen-bond donors (Lipinski definition) is 2. The molecular formula is C24H24N4O. The van der Waals surface area contributed by atoms with E-state index in [1.807, 2.05) is 54.6 Å². The summed E-state index contributed by atoms with van der Waals surface area (Å²) in [6.45, 7) is 1.39. The molecule has 0 spiro atoms. The maximum absolute atomic E-state index is 5.43. The highest BCUT2D eigenvalue weighted by atomic mass is 16.5. The third kappa shape index (κ3) is 4.63. The minimum atomic E-state index is 0.589. The first-order valence-electron chi connectivity index (χ1n) is 9.74. The molecule has 0 saturated carbocycles. The van der Waals surface area contributed by atoms with E-state index in [1.165, 1.54) is 5.56 Å². The van der Waals surface area contributed by atoms with E-state index in [1.54, 1.807) is 7.11 Å². The number of rotatable bonds is 8. The molecule has 0 unspecified atom stereocenters. The van der Waals surface area contributed by atoms with Crippen molar-refractivity contribution in [3.05, 3.63) is 90.0 Å². The van der Waals surface area contributed by atoms with Crippen molar-refractivity contribution < 1.29 is 4.74 Å². The van der Waals surface area contributed by atoms with E-state index in [0.29, 0.717) is 12.5 Å². The van der Waals surface area contributed by atoms with Gasteiger partial charge < -0.3 is 15.4 Å². The summed E-state index contributed by atoms with van der Waals surface area (Å²) < 4.78 is 5.43. The molecule has 146 valence electrons. The quantitative estimate of drug-likeness (QED) is 0.452. The van der Waals surface area contributed by atoms with Crippen LogP contribution in [0, 0.1) is 0 Å². The molecule has 1 heterocycles. The highest BCUT2D eigenvalue weighted by Crippen LogP contribution is 2.23. The number of nitrogens with zero attached hydrogens (tertiary/aromatic N) is 2. The molecule has 5 heteroatoms. The van der Waals surface area contributed by atoms with Crippen LogP contribution in [0.2, 0.25) is 0 Å². The van der Waals surface area contributed by atoms with E-state index in [0.717, 1.165) is 41.0 Å². The molecule has 0 radical (unpaired) electrons. The van der Waals surface area contributed by atoms with Crippen LogP contribution in [0.4, 0.5) is 11.8 Å². The van der Waals surface area contributed by atoms with Crippen molar-refractivity contribution in [1.29, 1.82) is 0 Å². The summed E-state index contributed by atoms with van der Waals surface area (Å²) in [5.41, 5.74) is 3.27. The van der Waals surface area contributed by atoms with E-state index >= 15 is 0 Å². The second-order valence-electron chi connectivity index (χ2n) is 6.74. The van der Waals surface area contributed by atoms with Crippen LogP contribution in [0.15, 0.2) is 78.9 Å². The lowest BCUT2D eigenvalue weighted by atomic mass is 10.1. The van der Waals surface area contributed by atoms with Crippen LogP contribution in [0.1, 0.15) is 11.1 Å². The fourth-order valence-corrected chi connectivity index (χ4v) is 3.28. The Balaban J connectivity index is 1.52. The number of nitrogens with one attached hydrogen (secondary N) is 2. The summed E-state index contributed by atoms with van der Waals surface area (Å²) in [5, 5.41) is 7.83. The second-order valence-corrected chi connectivity index (χ2v) is 6.74. The van der Waals surface area contributed by atoms with Crippen LogP contribution < -0.4 is 15.4 Å². The fourth-order valence-electron chi connectivity index (χ4n) is 3.28. The Hall–Kier alpha value is -3.60. The monoisotopic (exact) mass is 384 g/mol. The Morgan fingerprint density at radius 2 is 1.55 bits per heavy atom. The minimum absolute atomic E-state index is 0.589. The number of fused-ring (bicyclic) bond motifs is 1. The topological polar surface area (TPSA) is 59.1 Å². The first kappa shape index (κ1) is 18.7. The van der Waals surface area contributed by atoms with E-state index in [9.17, 15) is 0 Å². The highest BCUT2D eigenvalue weighted by molar-refractivity contribution is 5.90. The van der Waals surface area contributed by atoms with Gasteiger partial charge in [-0.25, -0.2) is 4.98 Å². The predicted octanol–water partition coefficient (Wildman–Crippen LogP) is 4.91. The molecule has 29 heavy (non-hydrogen) atoms. The minimum Gasteiger partial charge on any atom is -0.496 e. The number of benzene rings is 3. The van der Waals surface area contributed by atoms with Crippen LogP contribution in [-0.2, 0) is 13.0 Å². The fraction of sp³-hybridized carbons (Fsp3) is 0.167. The molecule has 2 N–H and O–H groups in total. The first-order valence-corrected chi connectivity index (χ1v) is 9.74. The molecule has 0 aliphatic rings. The average molecular weight is 384 g/mol. The molecule has 0 bridgehead atoms. The van der Waals surface area contributed by atoms with Crippen molar-refractivity contribution in [2.75, 3.05) is 24.3 Å². The van der Waals surface area contributed by atoms with Crippen molar-refractivity contribution >= 4 is 22.7 Å². The number of aromatic nitrogens is 2. The molecule has 4 aromatic rings. The summed E-state index contributed by atoms with van der Waals surface area (Å²) in [6.07, 6.45) is 0.934. The summed E-state index contributed by atoms with van der Waals surface area (Å²) >= 11 is 0. The van der Waals surface area contributed by atoms with Crippen molar-refractivity contribution in [2.24, 2.45) is 0 Å². The van der Waals surface area contributed by atoms with Gasteiger partial charge in [-0.1, -0.05) is 60.7 Å². The van der Waals surface area contributed by atoms with Crippen molar-refractivity contribution in [3.8, 4) is 5.75 Å². The summed E-state index contributed by atoms with van der Waals surface area (Å²) in [5.74, 6) is 2.29. The molecule has 0 fully saturated rings. The summed E-state index contributed by atoms with van der Waals surface area (Å²) in [7, 11) is 1.68. The summed E-state index contributed by atoms with van der Waals surface area (Å²) in [4.78, 5) is 9.40. The Bertz CT molecular complexity index is 1080. The maximum Gasteiger partial charge on any atom is 0.225 e. The van der Waals surface area contributed by atoms with Gasteiger partial charge in [0.05, 0.1) is 12.6 Å². The van der Waals surface area contributed by atoms with Crippen LogP contribution in [0.5, 0.6) is 5.75 Å². The van der Waals surface area contributed by atoms with Crippen molar-refractivity contribution in [1.82, 2.24) is 9.97 Å². The number of ether oxygens (including phenoxy) is 1. The molecule has 0 saturated heterocycles. The van der Waals surface area contributed by atoms with Gasteiger partial charge in [0.25, 0.3) is 0 Å². The Morgan fingerprint density at radius 3 is 2.41 bits per heavy atom. The Kier molecular flexibility index (Phi) is 5.86. The van der Waals surface area contributed by atoms with E-state index in [-0.39, 0.29) is 0 Å². The van der Waals surface area contributed by atoms with Gasteiger partial charge in [-0.2, -0.15) is 4.98 Å². The lowest BCUT2D eigenvalue weighted by Gasteiger charge is -2.13. The van der Waals surface area contributed by atoms with Crippen LogP contribution in [0.3, 0.4) is 0 Å². The van der Waals surface area contributed by atoms with Crippen LogP contribution in [0.25, 0.3) is 10.9 Å². The maximum atomic E-state index is 5.43. The molecule has 4 rings (SSSR count). The summed E-state index contributed by atoms with van der Waals surface area (Å²) in [6, 6.07) is 26.4. The molecule has 0 atom stereocenters. The van der Waals surface area contributed by atoms with Gasteiger partial charge >= 0.3 is 0 Å². The lowest BCUT2D eigenvalue weighted by Crippen LogP contribution is -2.10. The van der Waals surface area contributed by atoms with Gasteiger partial charge in [-0.05, 0) is 30.2 Å². The smallest absolute Gasteiger partial charge is 0.225 e. The molecule has 3 aromatic carbocycles. The first-order chi connectivity index (χ1) is 14.3. The zero-order valence-corrected chi connectivity index (χ0v) is 16.4. The third-order valence-electron chi connectivity index (χ3n) is 4.78. The average Bonchev–Trinajstić information content (AvgIpc) is 2.78. The van der Waals surface area contributed by atoms with Gasteiger partial charge in [0.15, 0.2) is 0 Å². The Morgan fingerprint density at radius 1 is 0.793 bits per heavy atom. The van der Waals surface area contributed by atoms with Crippen LogP contribution in [-0.4, -0.2) is 23.6 Å². The molecule has 0 aliphatic heterocycles. The van der Waals surface area contributed by atoms with Crippen LogP contribution >= 0.6 is 0 Å². The number of para-hydroxylation sites is 2. The van der Waals surface area contributed by atoms with Gasteiger partial charge in [0.2, 0.25) is 5.95 Å². The zero-order chi connectivity index (χ0) is 19.9. The van der Waals surface area contributed by atoms with E-state index in [4.69, 9.17) is 9.72 Å². The normalized spacial score (nSPS) is 10.7. The predicted molar refractivity (Wildman–Crippen MR) is 118 cm³/mol. The Labute approximate surface area is 170 Å². The lowest BCUT2D eigenvalue weighted by molar-refractivity contribution is 0.410. The molecule has 0 aliphatic carbocycles. The van der Waals surface area contributed by atoms with Gasteiger partial charge in [-0.3, -0.25) is 0 Å². The number of hydrogen-bond acceptors (Lipinski definition) is 5. The molecule has 5 nitrogen and oxygen atoms in total. The second kappa shape index (κ2) is 9.06. The van der Waals surface area contributed by atoms with Gasteiger partial charge in [0, 0.05) is 24.0 Å². The number of anilines is 2. The van der Waals surface area contributed by atoms with Crippen molar-refractivity contribution in [2.45, 2.75) is 13.0 Å². The number of methoxy groups -OCH3 is 1. The molecular weight excluding hydrogens is 360 g/mol. The van der Waals surface area contributed by atoms with E-state index in [2.05, 4.69) is 39.9 Å². The SMILES string of the molecule is COc1ccccc1CNc1nc(NCCc2ccccc2)c2ccccc2n1. The standard InChI is InChI=1S/C24H24N4O/c1-29-22-14-8-5-11-19(22)17-26-24-27-21-13-7-6-12-20(21)23(28-24)25-16-15-18-9-3-2-4-10-18/h2-14H,15-17H2,1H3,(H2,25,26,27,28). The van der Waals surface area contributed by atoms with Crippen molar-refractivity contribution in [3.63, 3.8) is 0 Å². The van der Waals surface area contributed by atoms with E-state index < -0.39 is 0 Å². The van der Waals surface area contributed by atoms with Gasteiger partial charge in [-0.15, -0.1) is 0 Å².